The third-order valence-corrected chi connectivity index (χ3v) is 5.94. The third kappa shape index (κ3) is 2.40. The maximum absolute atomic E-state index is 6.24. The summed E-state index contributed by atoms with van der Waals surface area (Å²) >= 11 is 12.5. The molecule has 0 heterocycles. The first-order valence-electron chi connectivity index (χ1n) is 6.62. The van der Waals surface area contributed by atoms with Crippen molar-refractivity contribution in [2.75, 3.05) is 0 Å². The predicted molar refractivity (Wildman–Crippen MR) is 82.3 cm³/mol. The minimum absolute atomic E-state index is 0.183. The molecule has 19 heavy (non-hydrogen) atoms. The van der Waals surface area contributed by atoms with Gasteiger partial charge in [-0.25, -0.2) is 0 Å². The lowest BCUT2D eigenvalue weighted by atomic mass is 9.97. The highest BCUT2D eigenvalue weighted by Crippen LogP contribution is 2.69. The molecule has 1 aliphatic rings. The average molecular weight is 301 g/mol. The topological polar surface area (TPSA) is 38.0 Å². The van der Waals surface area contributed by atoms with Gasteiger partial charge in [0.1, 0.15) is 0 Å². The number of hydrazine groups is 1. The highest BCUT2D eigenvalue weighted by molar-refractivity contribution is 6.36. The summed E-state index contributed by atoms with van der Waals surface area (Å²) in [6.07, 6.45) is 0.756. The van der Waals surface area contributed by atoms with Crippen LogP contribution in [0.15, 0.2) is 18.2 Å². The van der Waals surface area contributed by atoms with E-state index in [1.54, 1.807) is 0 Å². The van der Waals surface area contributed by atoms with Crippen LogP contribution in [-0.2, 0) is 6.42 Å². The number of nitrogens with two attached hydrogens (primary N) is 1. The van der Waals surface area contributed by atoms with Gasteiger partial charge in [-0.15, -0.1) is 0 Å². The zero-order valence-corrected chi connectivity index (χ0v) is 13.4. The minimum atomic E-state index is 0.183. The quantitative estimate of drug-likeness (QED) is 0.650. The fourth-order valence-corrected chi connectivity index (χ4v) is 4.03. The number of rotatable bonds is 4. The van der Waals surface area contributed by atoms with E-state index in [1.807, 2.05) is 18.2 Å². The first-order chi connectivity index (χ1) is 8.73. The summed E-state index contributed by atoms with van der Waals surface area (Å²) in [6.45, 7) is 9.15. The van der Waals surface area contributed by atoms with Crippen LogP contribution in [0.4, 0.5) is 0 Å². The fourth-order valence-electron chi connectivity index (χ4n) is 3.47. The van der Waals surface area contributed by atoms with Crippen molar-refractivity contribution in [3.63, 3.8) is 0 Å². The molecule has 0 bridgehead atoms. The normalized spacial score (nSPS) is 22.3. The van der Waals surface area contributed by atoms with Gasteiger partial charge in [-0.05, 0) is 40.9 Å². The number of hydrogen-bond acceptors (Lipinski definition) is 2. The van der Waals surface area contributed by atoms with E-state index < -0.39 is 0 Å². The van der Waals surface area contributed by atoms with Crippen molar-refractivity contribution in [2.45, 2.75) is 40.2 Å². The minimum Gasteiger partial charge on any atom is -0.271 e. The van der Waals surface area contributed by atoms with E-state index in [1.165, 1.54) is 0 Å². The Hall–Kier alpha value is -0.280. The van der Waals surface area contributed by atoms with Crippen molar-refractivity contribution in [3.05, 3.63) is 33.8 Å². The van der Waals surface area contributed by atoms with Crippen LogP contribution in [0, 0.1) is 16.7 Å². The first kappa shape index (κ1) is 15.1. The van der Waals surface area contributed by atoms with E-state index in [9.17, 15) is 0 Å². The molecule has 0 spiro atoms. The maximum atomic E-state index is 6.24. The van der Waals surface area contributed by atoms with Crippen molar-refractivity contribution in [1.29, 1.82) is 0 Å². The van der Waals surface area contributed by atoms with Crippen molar-refractivity contribution in [3.8, 4) is 0 Å². The smallest absolute Gasteiger partial charge is 0.0453 e. The summed E-state index contributed by atoms with van der Waals surface area (Å²) < 4.78 is 0. The Morgan fingerprint density at radius 3 is 2.00 bits per heavy atom. The van der Waals surface area contributed by atoms with E-state index in [0.29, 0.717) is 16.0 Å². The lowest BCUT2D eigenvalue weighted by Gasteiger charge is -2.19. The molecule has 0 aliphatic heterocycles. The zero-order chi connectivity index (χ0) is 14.4. The molecule has 4 heteroatoms. The lowest BCUT2D eigenvalue weighted by molar-refractivity contribution is 0.402. The second-order valence-corrected chi connectivity index (χ2v) is 7.41. The van der Waals surface area contributed by atoms with Crippen molar-refractivity contribution in [2.24, 2.45) is 22.6 Å². The molecule has 1 aliphatic carbocycles. The first-order valence-corrected chi connectivity index (χ1v) is 7.38. The summed E-state index contributed by atoms with van der Waals surface area (Å²) in [5, 5.41) is 1.42. The van der Waals surface area contributed by atoms with Crippen molar-refractivity contribution < 1.29 is 0 Å². The van der Waals surface area contributed by atoms with E-state index in [0.717, 1.165) is 12.0 Å². The molecular formula is C15H22Cl2N2. The Morgan fingerprint density at radius 2 is 1.63 bits per heavy atom. The van der Waals surface area contributed by atoms with Gasteiger partial charge in [-0.1, -0.05) is 57.0 Å². The molecule has 1 atom stereocenters. The predicted octanol–water partition coefficient (Wildman–Crippen LogP) is 4.05. The number of hydrogen-bond donors (Lipinski definition) is 2. The molecule has 2 rings (SSSR count). The van der Waals surface area contributed by atoms with Crippen LogP contribution in [0.25, 0.3) is 0 Å². The van der Waals surface area contributed by atoms with Crippen LogP contribution in [0.5, 0.6) is 0 Å². The molecule has 1 aromatic rings. The molecule has 1 aromatic carbocycles. The van der Waals surface area contributed by atoms with Crippen molar-refractivity contribution in [1.82, 2.24) is 5.43 Å². The molecule has 1 fully saturated rings. The van der Waals surface area contributed by atoms with E-state index >= 15 is 0 Å². The van der Waals surface area contributed by atoms with Crippen LogP contribution >= 0.6 is 23.2 Å². The second-order valence-electron chi connectivity index (χ2n) is 6.60. The molecule has 1 saturated carbocycles. The van der Waals surface area contributed by atoms with Crippen LogP contribution in [0.1, 0.15) is 33.3 Å². The van der Waals surface area contributed by atoms with Gasteiger partial charge in [-0.2, -0.15) is 0 Å². The molecule has 0 radical (unpaired) electrons. The highest BCUT2D eigenvalue weighted by atomic mass is 35.5. The van der Waals surface area contributed by atoms with Gasteiger partial charge >= 0.3 is 0 Å². The fraction of sp³-hybridized carbons (Fsp3) is 0.600. The summed E-state index contributed by atoms with van der Waals surface area (Å²) in [7, 11) is 0. The highest BCUT2D eigenvalue weighted by Gasteiger charge is 2.66. The Bertz CT molecular complexity index is 449. The van der Waals surface area contributed by atoms with E-state index in [2.05, 4.69) is 33.1 Å². The molecule has 0 saturated heterocycles. The standard InChI is InChI=1S/C15H22Cl2N2/c1-14(2)13(15(14,3)4)12(19-18)8-9-10(16)6-5-7-11(9)17/h5-7,12-13,19H,8,18H2,1-4H3. The maximum Gasteiger partial charge on any atom is 0.0453 e. The van der Waals surface area contributed by atoms with Gasteiger partial charge in [0.25, 0.3) is 0 Å². The van der Waals surface area contributed by atoms with Crippen LogP contribution in [0.3, 0.4) is 0 Å². The monoisotopic (exact) mass is 300 g/mol. The molecule has 0 amide bonds. The Balaban J connectivity index is 2.22. The number of halogens is 2. The van der Waals surface area contributed by atoms with Crippen LogP contribution < -0.4 is 11.3 Å². The van der Waals surface area contributed by atoms with Gasteiger partial charge in [0.05, 0.1) is 0 Å². The van der Waals surface area contributed by atoms with Gasteiger partial charge in [0, 0.05) is 16.1 Å². The number of benzene rings is 1. The molecule has 106 valence electrons. The molecule has 1 unspecified atom stereocenters. The lowest BCUT2D eigenvalue weighted by Crippen LogP contribution is -2.40. The van der Waals surface area contributed by atoms with Gasteiger partial charge in [0.2, 0.25) is 0 Å². The van der Waals surface area contributed by atoms with Gasteiger partial charge in [0.15, 0.2) is 0 Å². The summed E-state index contributed by atoms with van der Waals surface area (Å²) in [4.78, 5) is 0. The summed E-state index contributed by atoms with van der Waals surface area (Å²) in [6, 6.07) is 5.80. The summed E-state index contributed by atoms with van der Waals surface area (Å²) in [5.74, 6) is 6.28. The van der Waals surface area contributed by atoms with Gasteiger partial charge in [-0.3, -0.25) is 11.3 Å². The Morgan fingerprint density at radius 1 is 1.16 bits per heavy atom. The van der Waals surface area contributed by atoms with Gasteiger partial charge < -0.3 is 0 Å². The average Bonchev–Trinajstić information content (AvgIpc) is 2.71. The molecule has 2 nitrogen and oxygen atoms in total. The second kappa shape index (κ2) is 4.92. The number of nitrogens with one attached hydrogen (secondary N) is 1. The molecule has 3 N–H and O–H groups in total. The van der Waals surface area contributed by atoms with E-state index in [-0.39, 0.29) is 16.9 Å². The zero-order valence-electron chi connectivity index (χ0n) is 11.9. The molecule has 0 aromatic heterocycles. The van der Waals surface area contributed by atoms with Crippen molar-refractivity contribution >= 4 is 23.2 Å². The van der Waals surface area contributed by atoms with Crippen LogP contribution in [-0.4, -0.2) is 6.04 Å². The third-order valence-electron chi connectivity index (χ3n) is 5.23. The van der Waals surface area contributed by atoms with E-state index in [4.69, 9.17) is 29.0 Å². The van der Waals surface area contributed by atoms with Crippen LogP contribution in [0.2, 0.25) is 10.0 Å². The largest absolute Gasteiger partial charge is 0.271 e. The Kier molecular flexibility index (Phi) is 3.92. The molecular weight excluding hydrogens is 279 g/mol. The summed E-state index contributed by atoms with van der Waals surface area (Å²) in [5.41, 5.74) is 4.49. The Labute approximate surface area is 125 Å². The SMILES string of the molecule is CC1(C)C(C(Cc2c(Cl)cccc2Cl)NN)C1(C)C.